The first-order valence-electron chi connectivity index (χ1n) is 10.7. The van der Waals surface area contributed by atoms with Gasteiger partial charge in [0.05, 0.1) is 11.9 Å². The van der Waals surface area contributed by atoms with Crippen LogP contribution in [-0.4, -0.2) is 46.1 Å². The highest BCUT2D eigenvalue weighted by Crippen LogP contribution is 2.58. The second-order valence-electron chi connectivity index (χ2n) is 8.52. The first kappa shape index (κ1) is 25.8. The fourth-order valence-electron chi connectivity index (χ4n) is 3.41. The molecule has 1 fully saturated rings. The lowest BCUT2D eigenvalue weighted by molar-refractivity contribution is -0.189. The number of alkyl halides is 3. The molecule has 2 amide bonds. The summed E-state index contributed by atoms with van der Waals surface area (Å²) in [4.78, 5) is 30.6. The third kappa shape index (κ3) is 5.15. The van der Waals surface area contributed by atoms with Crippen LogP contribution >= 0.6 is 0 Å². The van der Waals surface area contributed by atoms with Crippen LogP contribution in [0.2, 0.25) is 0 Å². The van der Waals surface area contributed by atoms with Gasteiger partial charge in [-0.05, 0) is 63.4 Å². The molecule has 35 heavy (non-hydrogen) atoms. The molecule has 0 aliphatic heterocycles. The van der Waals surface area contributed by atoms with Crippen LogP contribution in [0.25, 0.3) is 0 Å². The summed E-state index contributed by atoms with van der Waals surface area (Å²) in [6.45, 7) is 4.96. The molecule has 1 aromatic heterocycles. The van der Waals surface area contributed by atoms with E-state index < -0.39 is 34.8 Å². The Morgan fingerprint density at radius 3 is 2.40 bits per heavy atom. The molecule has 2 aromatic rings. The first-order valence-corrected chi connectivity index (χ1v) is 10.7. The van der Waals surface area contributed by atoms with E-state index in [9.17, 15) is 27.2 Å². The fraction of sp³-hybridized carbons (Fsp3) is 0.348. The Kier molecular flexibility index (Phi) is 6.95. The Hall–Kier alpha value is -3.83. The normalized spacial score (nSPS) is 14.3. The topological polar surface area (TPSA) is 122 Å². The summed E-state index contributed by atoms with van der Waals surface area (Å²) in [5.41, 5.74) is -2.78. The minimum Gasteiger partial charge on any atom is -0.325 e. The number of amides is 2. The third-order valence-electron chi connectivity index (χ3n) is 5.72. The Balaban J connectivity index is 1.82. The molecule has 1 aliphatic rings. The maximum Gasteiger partial charge on any atom is 0.403 e. The van der Waals surface area contributed by atoms with Crippen LogP contribution in [0.4, 0.5) is 29.1 Å². The zero-order valence-corrected chi connectivity index (χ0v) is 19.2. The smallest absolute Gasteiger partial charge is 0.325 e. The number of hydrogen-bond acceptors (Lipinski definition) is 5. The molecule has 1 heterocycles. The molecule has 0 spiro atoms. The number of aryl methyl sites for hydroxylation is 1. The summed E-state index contributed by atoms with van der Waals surface area (Å²) in [6.07, 6.45) is -4.40. The van der Waals surface area contributed by atoms with Crippen LogP contribution in [0.5, 0.6) is 0 Å². The van der Waals surface area contributed by atoms with Gasteiger partial charge in [-0.1, -0.05) is 6.07 Å². The molecular formula is C23H24F4N6O2. The van der Waals surface area contributed by atoms with Crippen LogP contribution in [-0.2, 0) is 4.79 Å². The molecule has 4 N–H and O–H groups in total. The van der Waals surface area contributed by atoms with Crippen LogP contribution in [0.1, 0.15) is 48.3 Å². The van der Waals surface area contributed by atoms with Crippen molar-refractivity contribution >= 4 is 35.5 Å². The zero-order valence-electron chi connectivity index (χ0n) is 19.2. The number of carbonyl (C=O) groups excluding carboxylic acids is 2. The van der Waals surface area contributed by atoms with Crippen molar-refractivity contribution in [3.63, 3.8) is 0 Å². The monoisotopic (exact) mass is 492 g/mol. The number of halogens is 4. The van der Waals surface area contributed by atoms with Crippen LogP contribution in [0.3, 0.4) is 0 Å². The van der Waals surface area contributed by atoms with Crippen LogP contribution < -0.4 is 10.6 Å². The highest BCUT2D eigenvalue weighted by Gasteiger charge is 2.68. The number of benzene rings is 1. The number of anilines is 2. The minimum atomic E-state index is -4.71. The van der Waals surface area contributed by atoms with Gasteiger partial charge in [-0.15, -0.1) is 0 Å². The summed E-state index contributed by atoms with van der Waals surface area (Å²) in [5, 5.41) is 20.3. The summed E-state index contributed by atoms with van der Waals surface area (Å²) in [7, 11) is 0. The predicted octanol–water partition coefficient (Wildman–Crippen LogP) is 4.71. The molecule has 0 bridgehead atoms. The Morgan fingerprint density at radius 2 is 1.86 bits per heavy atom. The largest absolute Gasteiger partial charge is 0.403 e. The molecular weight excluding hydrogens is 468 g/mol. The van der Waals surface area contributed by atoms with E-state index in [1.54, 1.807) is 13.8 Å². The Bertz CT molecular complexity index is 1190. The van der Waals surface area contributed by atoms with Gasteiger partial charge in [0, 0.05) is 11.7 Å². The van der Waals surface area contributed by atoms with Crippen molar-refractivity contribution < 1.29 is 27.2 Å². The predicted molar refractivity (Wildman–Crippen MR) is 122 cm³/mol. The van der Waals surface area contributed by atoms with Gasteiger partial charge in [-0.25, -0.2) is 9.37 Å². The van der Waals surface area contributed by atoms with E-state index in [4.69, 9.17) is 10.8 Å². The Morgan fingerprint density at radius 1 is 1.20 bits per heavy atom. The summed E-state index contributed by atoms with van der Waals surface area (Å²) < 4.78 is 54.3. The van der Waals surface area contributed by atoms with Crippen molar-refractivity contribution in [1.82, 2.24) is 9.88 Å². The second kappa shape index (κ2) is 9.43. The molecule has 12 heteroatoms. The van der Waals surface area contributed by atoms with Crippen molar-refractivity contribution in [2.24, 2.45) is 5.41 Å². The zero-order chi connectivity index (χ0) is 26.1. The molecule has 0 radical (unpaired) electrons. The van der Waals surface area contributed by atoms with Gasteiger partial charge >= 0.3 is 6.18 Å². The molecule has 0 unspecified atom stereocenters. The number of hydrogen-bond donors (Lipinski definition) is 4. The Labute approximate surface area is 198 Å². The highest BCUT2D eigenvalue weighted by molar-refractivity contribution is 6.06. The minimum absolute atomic E-state index is 0.00879. The molecule has 0 atom stereocenters. The molecule has 8 nitrogen and oxygen atoms in total. The van der Waals surface area contributed by atoms with E-state index in [-0.39, 0.29) is 47.5 Å². The van der Waals surface area contributed by atoms with Gasteiger partial charge in [0.2, 0.25) is 5.91 Å². The molecule has 1 aromatic carbocycles. The fourth-order valence-corrected chi connectivity index (χ4v) is 3.41. The molecule has 1 saturated carbocycles. The maximum atomic E-state index is 14.6. The summed E-state index contributed by atoms with van der Waals surface area (Å²) in [5.74, 6) is -3.23. The van der Waals surface area contributed by atoms with E-state index >= 15 is 0 Å². The van der Waals surface area contributed by atoms with Gasteiger partial charge < -0.3 is 15.5 Å². The highest BCUT2D eigenvalue weighted by atomic mass is 19.4. The van der Waals surface area contributed by atoms with E-state index in [1.165, 1.54) is 30.0 Å². The first-order chi connectivity index (χ1) is 16.3. The van der Waals surface area contributed by atoms with E-state index in [2.05, 4.69) is 15.6 Å². The summed E-state index contributed by atoms with van der Waals surface area (Å²) >= 11 is 0. The number of nitrogens with zero attached hydrogens (tertiary/aromatic N) is 2. The SMILES string of the molecule is Cc1cc(F)c(C(=O)Nc2cccc(C(=N)N(C=N)C(C)C)n2)cc1NC(=O)C1(C(F)(F)F)CC1. The van der Waals surface area contributed by atoms with E-state index in [0.29, 0.717) is 0 Å². The van der Waals surface area contributed by atoms with Gasteiger partial charge in [-0.2, -0.15) is 13.2 Å². The number of amidine groups is 1. The number of rotatable bonds is 7. The second-order valence-corrected chi connectivity index (χ2v) is 8.52. The van der Waals surface area contributed by atoms with Crippen molar-refractivity contribution in [2.45, 2.75) is 45.8 Å². The molecule has 1 aliphatic carbocycles. The average Bonchev–Trinajstić information content (AvgIpc) is 3.58. The summed E-state index contributed by atoms with van der Waals surface area (Å²) in [6, 6.07) is 6.16. The van der Waals surface area contributed by atoms with E-state index in [0.717, 1.165) is 18.5 Å². The quantitative estimate of drug-likeness (QED) is 0.254. The van der Waals surface area contributed by atoms with Crippen molar-refractivity contribution in [2.75, 3.05) is 10.6 Å². The molecule has 0 saturated heterocycles. The van der Waals surface area contributed by atoms with Crippen molar-refractivity contribution in [3.05, 3.63) is 53.0 Å². The number of aromatic nitrogens is 1. The maximum absolute atomic E-state index is 14.6. The van der Waals surface area contributed by atoms with Gasteiger partial charge in [0.15, 0.2) is 5.84 Å². The number of pyridine rings is 1. The lowest BCUT2D eigenvalue weighted by atomic mass is 10.0. The van der Waals surface area contributed by atoms with Crippen molar-refractivity contribution in [1.29, 1.82) is 10.8 Å². The van der Waals surface area contributed by atoms with E-state index in [1.807, 2.05) is 0 Å². The molecule has 3 rings (SSSR count). The van der Waals surface area contributed by atoms with Crippen molar-refractivity contribution in [3.8, 4) is 0 Å². The number of nitrogens with one attached hydrogen (secondary N) is 4. The molecule has 186 valence electrons. The third-order valence-corrected chi connectivity index (χ3v) is 5.72. The lowest BCUT2D eigenvalue weighted by Crippen LogP contribution is -2.37. The van der Waals surface area contributed by atoms with Crippen LogP contribution in [0, 0.1) is 29.0 Å². The standard InChI is InChI=1S/C23H24F4N6O2/c1-12(2)33(11-28)19(29)16-5-4-6-18(30-16)32-20(34)14-10-17(13(3)9-15(14)24)31-21(35)22(7-8-22)23(25,26)27/h4-6,9-12,28-29H,7-8H2,1-3H3,(H,31,35)(H,30,32,34). The van der Waals surface area contributed by atoms with Gasteiger partial charge in [0.25, 0.3) is 5.91 Å². The lowest BCUT2D eigenvalue weighted by Gasteiger charge is -2.23. The average molecular weight is 492 g/mol. The van der Waals surface area contributed by atoms with Gasteiger partial charge in [-0.3, -0.25) is 20.4 Å². The van der Waals surface area contributed by atoms with Gasteiger partial charge in [0.1, 0.15) is 22.7 Å². The van der Waals surface area contributed by atoms with Crippen LogP contribution in [0.15, 0.2) is 30.3 Å². The number of carbonyl (C=O) groups is 2.